The molecule has 32 heavy (non-hydrogen) atoms. The van der Waals surface area contributed by atoms with Crippen LogP contribution in [0, 0.1) is 0 Å². The summed E-state index contributed by atoms with van der Waals surface area (Å²) in [6, 6.07) is 17.9. The van der Waals surface area contributed by atoms with E-state index in [0.29, 0.717) is 18.8 Å². The Labute approximate surface area is 188 Å². The molecule has 2 N–H and O–H groups in total. The summed E-state index contributed by atoms with van der Waals surface area (Å²) in [7, 11) is 0. The Morgan fingerprint density at radius 2 is 1.97 bits per heavy atom. The number of benzene rings is 2. The summed E-state index contributed by atoms with van der Waals surface area (Å²) in [6.45, 7) is 5.09. The number of aromatic nitrogens is 2. The molecule has 1 aromatic heterocycles. The number of amides is 2. The molecule has 166 valence electrons. The van der Waals surface area contributed by atoms with E-state index in [9.17, 15) is 9.59 Å². The van der Waals surface area contributed by atoms with Gasteiger partial charge in [0.1, 0.15) is 0 Å². The standard InChI is InChI=1S/C25H29N5O2/c1-2-23(29-14-11-20-8-3-4-9-21(20)18-29)16-27-24(31)28-22-10-5-7-19(15-22)17-30-13-6-12-26-25(30)32/h3-10,12-13,15,23H,2,11,14,16-18H2,1H3,(H2,27,28,31)/t23-/m0/s1. The second kappa shape index (κ2) is 10.2. The van der Waals surface area contributed by atoms with Gasteiger partial charge in [-0.1, -0.05) is 43.3 Å². The highest BCUT2D eigenvalue weighted by Gasteiger charge is 2.22. The molecule has 7 heteroatoms. The first-order chi connectivity index (χ1) is 15.6. The van der Waals surface area contributed by atoms with Crippen molar-refractivity contribution in [1.29, 1.82) is 0 Å². The van der Waals surface area contributed by atoms with Crippen LogP contribution in [0.2, 0.25) is 0 Å². The number of hydrogen-bond donors (Lipinski definition) is 2. The molecule has 4 rings (SSSR count). The molecule has 0 aliphatic carbocycles. The summed E-state index contributed by atoms with van der Waals surface area (Å²) in [5, 5.41) is 5.93. The van der Waals surface area contributed by atoms with Gasteiger partial charge < -0.3 is 10.6 Å². The van der Waals surface area contributed by atoms with Crippen LogP contribution in [-0.2, 0) is 19.5 Å². The topological polar surface area (TPSA) is 79.3 Å². The van der Waals surface area contributed by atoms with Crippen LogP contribution in [-0.4, -0.2) is 39.6 Å². The number of fused-ring (bicyclic) bond motifs is 1. The van der Waals surface area contributed by atoms with Gasteiger partial charge in [0.05, 0.1) is 6.54 Å². The molecule has 0 fully saturated rings. The highest BCUT2D eigenvalue weighted by Crippen LogP contribution is 2.21. The Hall–Kier alpha value is -3.45. The lowest BCUT2D eigenvalue weighted by atomic mass is 9.98. The number of nitrogens with one attached hydrogen (secondary N) is 2. The number of urea groups is 1. The van der Waals surface area contributed by atoms with Crippen molar-refractivity contribution in [2.75, 3.05) is 18.4 Å². The van der Waals surface area contributed by atoms with Gasteiger partial charge >= 0.3 is 11.7 Å². The number of hydrogen-bond acceptors (Lipinski definition) is 4. The fraction of sp³-hybridized carbons (Fsp3) is 0.320. The minimum absolute atomic E-state index is 0.225. The number of carbonyl (C=O) groups excluding carboxylic acids is 1. The molecule has 2 aromatic carbocycles. The van der Waals surface area contributed by atoms with Crippen LogP contribution in [0.5, 0.6) is 0 Å². The molecule has 0 radical (unpaired) electrons. The van der Waals surface area contributed by atoms with Crippen LogP contribution in [0.3, 0.4) is 0 Å². The van der Waals surface area contributed by atoms with E-state index < -0.39 is 0 Å². The van der Waals surface area contributed by atoms with Gasteiger partial charge in [-0.15, -0.1) is 0 Å². The third kappa shape index (κ3) is 5.42. The first kappa shape index (κ1) is 21.8. The Kier molecular flexibility index (Phi) is 6.97. The SMILES string of the molecule is CC[C@@H](CNC(=O)Nc1cccc(Cn2cccnc2=O)c1)N1CCc2ccccc2C1. The largest absolute Gasteiger partial charge is 0.347 e. The predicted molar refractivity (Wildman–Crippen MR) is 126 cm³/mol. The molecule has 1 atom stereocenters. The van der Waals surface area contributed by atoms with Crippen LogP contribution < -0.4 is 16.3 Å². The van der Waals surface area contributed by atoms with E-state index in [1.54, 1.807) is 12.3 Å². The quantitative estimate of drug-likeness (QED) is 0.602. The van der Waals surface area contributed by atoms with Gasteiger partial charge in [0.25, 0.3) is 0 Å². The summed E-state index contributed by atoms with van der Waals surface area (Å²) in [4.78, 5) is 30.6. The number of nitrogens with zero attached hydrogens (tertiary/aromatic N) is 3. The number of anilines is 1. The predicted octanol–water partition coefficient (Wildman–Crippen LogP) is 3.25. The second-order valence-electron chi connectivity index (χ2n) is 8.12. The Bertz CT molecular complexity index is 1130. The summed E-state index contributed by atoms with van der Waals surface area (Å²) in [5.74, 6) is 0. The van der Waals surface area contributed by atoms with Crippen molar-refractivity contribution in [2.45, 2.75) is 38.9 Å². The summed E-state index contributed by atoms with van der Waals surface area (Å²) in [6.07, 6.45) is 5.20. The molecule has 0 unspecified atom stereocenters. The molecule has 1 aliphatic rings. The van der Waals surface area contributed by atoms with E-state index in [4.69, 9.17) is 0 Å². The Morgan fingerprint density at radius 1 is 1.12 bits per heavy atom. The molecular weight excluding hydrogens is 402 g/mol. The zero-order valence-electron chi connectivity index (χ0n) is 18.3. The van der Waals surface area contributed by atoms with Crippen molar-refractivity contribution in [1.82, 2.24) is 19.8 Å². The summed E-state index contributed by atoms with van der Waals surface area (Å²) < 4.78 is 1.53. The zero-order valence-corrected chi connectivity index (χ0v) is 18.3. The third-order valence-corrected chi connectivity index (χ3v) is 5.97. The molecule has 0 spiro atoms. The van der Waals surface area contributed by atoms with Crippen molar-refractivity contribution in [2.24, 2.45) is 0 Å². The highest BCUT2D eigenvalue weighted by molar-refractivity contribution is 5.89. The van der Waals surface area contributed by atoms with E-state index in [1.807, 2.05) is 24.3 Å². The Balaban J connectivity index is 1.32. The van der Waals surface area contributed by atoms with E-state index in [1.165, 1.54) is 21.9 Å². The zero-order chi connectivity index (χ0) is 22.3. The maximum atomic E-state index is 12.5. The molecule has 0 saturated carbocycles. The summed E-state index contributed by atoms with van der Waals surface area (Å²) >= 11 is 0. The third-order valence-electron chi connectivity index (χ3n) is 5.97. The monoisotopic (exact) mass is 431 g/mol. The van der Waals surface area contributed by atoms with Gasteiger partial charge in [0.2, 0.25) is 0 Å². The van der Waals surface area contributed by atoms with Crippen LogP contribution in [0.4, 0.5) is 10.5 Å². The van der Waals surface area contributed by atoms with Crippen LogP contribution in [0.25, 0.3) is 0 Å². The minimum Gasteiger partial charge on any atom is -0.336 e. The van der Waals surface area contributed by atoms with Crippen molar-refractivity contribution >= 4 is 11.7 Å². The van der Waals surface area contributed by atoms with Crippen LogP contribution >= 0.6 is 0 Å². The van der Waals surface area contributed by atoms with Gasteiger partial charge in [0, 0.05) is 43.8 Å². The fourth-order valence-electron chi connectivity index (χ4n) is 4.20. The van der Waals surface area contributed by atoms with Crippen molar-refractivity contribution in [3.63, 3.8) is 0 Å². The van der Waals surface area contributed by atoms with E-state index in [2.05, 4.69) is 51.7 Å². The molecule has 2 amide bonds. The number of carbonyl (C=O) groups is 1. The first-order valence-corrected chi connectivity index (χ1v) is 11.1. The van der Waals surface area contributed by atoms with Gasteiger partial charge in [-0.05, 0) is 47.7 Å². The number of rotatable bonds is 7. The van der Waals surface area contributed by atoms with Crippen LogP contribution in [0.15, 0.2) is 71.8 Å². The second-order valence-corrected chi connectivity index (χ2v) is 8.12. The van der Waals surface area contributed by atoms with Crippen molar-refractivity contribution < 1.29 is 4.79 Å². The average molecular weight is 432 g/mol. The van der Waals surface area contributed by atoms with Crippen LogP contribution in [0.1, 0.15) is 30.0 Å². The molecule has 0 saturated heterocycles. The maximum Gasteiger partial charge on any atom is 0.347 e. The van der Waals surface area contributed by atoms with Gasteiger partial charge in [-0.2, -0.15) is 0 Å². The fourth-order valence-corrected chi connectivity index (χ4v) is 4.20. The Morgan fingerprint density at radius 3 is 2.78 bits per heavy atom. The molecule has 3 aromatic rings. The lowest BCUT2D eigenvalue weighted by Crippen LogP contribution is -2.46. The first-order valence-electron chi connectivity index (χ1n) is 11.1. The molecule has 0 bridgehead atoms. The lowest BCUT2D eigenvalue weighted by molar-refractivity contribution is 0.170. The van der Waals surface area contributed by atoms with Crippen molar-refractivity contribution in [3.8, 4) is 0 Å². The molecule has 1 aliphatic heterocycles. The molecule has 7 nitrogen and oxygen atoms in total. The van der Waals surface area contributed by atoms with Gasteiger partial charge in [-0.25, -0.2) is 14.6 Å². The smallest absolute Gasteiger partial charge is 0.336 e. The van der Waals surface area contributed by atoms with Gasteiger partial charge in [0.15, 0.2) is 0 Å². The normalized spacial score (nSPS) is 14.4. The highest BCUT2D eigenvalue weighted by atomic mass is 16.2. The average Bonchev–Trinajstić information content (AvgIpc) is 2.81. The maximum absolute atomic E-state index is 12.5. The van der Waals surface area contributed by atoms with E-state index in [-0.39, 0.29) is 17.8 Å². The van der Waals surface area contributed by atoms with E-state index >= 15 is 0 Å². The van der Waals surface area contributed by atoms with Gasteiger partial charge in [-0.3, -0.25) is 9.47 Å². The molecular formula is C25H29N5O2. The molecule has 2 heterocycles. The summed E-state index contributed by atoms with van der Waals surface area (Å²) in [5.41, 5.74) is 4.12. The van der Waals surface area contributed by atoms with Crippen molar-refractivity contribution in [3.05, 3.63) is 94.2 Å². The van der Waals surface area contributed by atoms with E-state index in [0.717, 1.165) is 31.5 Å². The minimum atomic E-state index is -0.297. The lowest BCUT2D eigenvalue weighted by Gasteiger charge is -2.35.